The third-order valence-corrected chi connectivity index (χ3v) is 4.56. The highest BCUT2D eigenvalue weighted by molar-refractivity contribution is 6.18. The van der Waals surface area contributed by atoms with Crippen LogP contribution in [-0.2, 0) is 0 Å². The van der Waals surface area contributed by atoms with Gasteiger partial charge in [-0.1, -0.05) is 18.9 Å². The number of alkyl halides is 1. The summed E-state index contributed by atoms with van der Waals surface area (Å²) in [6.07, 6.45) is 4.27. The van der Waals surface area contributed by atoms with E-state index in [2.05, 4.69) is 5.32 Å². The van der Waals surface area contributed by atoms with Crippen molar-refractivity contribution in [3.05, 3.63) is 29.6 Å². The standard InChI is InChI=1S/C15H19ClFNO2/c1-20-12-6-4-5-11(17)13(12)14(19)18-10-15(9-16)7-2-3-8-15/h4-6H,2-3,7-10H2,1H3,(H,18,19). The molecule has 1 fully saturated rings. The van der Waals surface area contributed by atoms with E-state index in [9.17, 15) is 9.18 Å². The molecule has 1 saturated carbocycles. The maximum Gasteiger partial charge on any atom is 0.258 e. The molecule has 0 aromatic heterocycles. The zero-order valence-corrected chi connectivity index (χ0v) is 12.3. The lowest BCUT2D eigenvalue weighted by molar-refractivity contribution is 0.0927. The largest absolute Gasteiger partial charge is 0.496 e. The van der Waals surface area contributed by atoms with Gasteiger partial charge in [-0.15, -0.1) is 11.6 Å². The van der Waals surface area contributed by atoms with Gasteiger partial charge < -0.3 is 10.1 Å². The highest BCUT2D eigenvalue weighted by atomic mass is 35.5. The Morgan fingerprint density at radius 1 is 1.45 bits per heavy atom. The van der Waals surface area contributed by atoms with Gasteiger partial charge in [0.15, 0.2) is 0 Å². The van der Waals surface area contributed by atoms with Crippen molar-refractivity contribution in [2.45, 2.75) is 25.7 Å². The molecule has 3 nitrogen and oxygen atoms in total. The van der Waals surface area contributed by atoms with Crippen molar-refractivity contribution in [3.8, 4) is 5.75 Å². The number of halogens is 2. The van der Waals surface area contributed by atoms with Crippen molar-refractivity contribution in [1.29, 1.82) is 0 Å². The lowest BCUT2D eigenvalue weighted by Crippen LogP contribution is -2.37. The number of hydrogen-bond acceptors (Lipinski definition) is 2. The lowest BCUT2D eigenvalue weighted by Gasteiger charge is -2.26. The molecule has 2 rings (SSSR count). The van der Waals surface area contributed by atoms with Crippen LogP contribution in [0.5, 0.6) is 5.75 Å². The molecule has 110 valence electrons. The van der Waals surface area contributed by atoms with Crippen molar-refractivity contribution in [3.63, 3.8) is 0 Å². The Morgan fingerprint density at radius 3 is 2.75 bits per heavy atom. The van der Waals surface area contributed by atoms with Crippen LogP contribution in [0, 0.1) is 11.2 Å². The molecule has 0 unspecified atom stereocenters. The first kappa shape index (κ1) is 15.1. The van der Waals surface area contributed by atoms with Gasteiger partial charge in [0.2, 0.25) is 0 Å². The molecule has 1 N–H and O–H groups in total. The summed E-state index contributed by atoms with van der Waals surface area (Å²) in [5.41, 5.74) is -0.0897. The summed E-state index contributed by atoms with van der Waals surface area (Å²) in [6.45, 7) is 0.479. The minimum atomic E-state index is -0.576. The summed E-state index contributed by atoms with van der Waals surface area (Å²) >= 11 is 6.03. The van der Waals surface area contributed by atoms with Crippen molar-refractivity contribution in [2.24, 2.45) is 5.41 Å². The molecule has 0 bridgehead atoms. The van der Waals surface area contributed by atoms with E-state index >= 15 is 0 Å². The van der Waals surface area contributed by atoms with Gasteiger partial charge in [-0.25, -0.2) is 4.39 Å². The highest BCUT2D eigenvalue weighted by Crippen LogP contribution is 2.38. The molecule has 1 aromatic carbocycles. The van der Waals surface area contributed by atoms with Crippen LogP contribution < -0.4 is 10.1 Å². The number of rotatable bonds is 5. The second kappa shape index (κ2) is 6.44. The van der Waals surface area contributed by atoms with Gasteiger partial charge in [0, 0.05) is 17.8 Å². The smallest absolute Gasteiger partial charge is 0.258 e. The van der Waals surface area contributed by atoms with Gasteiger partial charge in [-0.05, 0) is 25.0 Å². The molecule has 0 aliphatic heterocycles. The third-order valence-electron chi connectivity index (χ3n) is 3.99. The second-order valence-electron chi connectivity index (χ2n) is 5.34. The van der Waals surface area contributed by atoms with Gasteiger partial charge in [-0.3, -0.25) is 4.79 Å². The predicted octanol–water partition coefficient (Wildman–Crippen LogP) is 3.36. The molecular weight excluding hydrogens is 281 g/mol. The number of benzene rings is 1. The summed E-state index contributed by atoms with van der Waals surface area (Å²) in [6, 6.07) is 4.34. The summed E-state index contributed by atoms with van der Waals surface area (Å²) in [5, 5.41) is 2.80. The first-order chi connectivity index (χ1) is 9.62. The van der Waals surface area contributed by atoms with Crippen molar-refractivity contribution in [1.82, 2.24) is 5.32 Å². The fourth-order valence-electron chi connectivity index (χ4n) is 2.73. The van der Waals surface area contributed by atoms with Crippen LogP contribution in [0.25, 0.3) is 0 Å². The average molecular weight is 300 g/mol. The van der Waals surface area contributed by atoms with Gasteiger partial charge in [0.05, 0.1) is 7.11 Å². The Hall–Kier alpha value is -1.29. The van der Waals surface area contributed by atoms with Crippen LogP contribution in [0.3, 0.4) is 0 Å². The first-order valence-corrected chi connectivity index (χ1v) is 7.32. The summed E-state index contributed by atoms with van der Waals surface area (Å²) < 4.78 is 18.8. The Bertz CT molecular complexity index is 487. The number of carbonyl (C=O) groups excluding carboxylic acids is 1. The van der Waals surface area contributed by atoms with Crippen LogP contribution >= 0.6 is 11.6 Å². The number of ether oxygens (including phenoxy) is 1. The van der Waals surface area contributed by atoms with Crippen LogP contribution in [0.15, 0.2) is 18.2 Å². The van der Waals surface area contributed by atoms with Gasteiger partial charge in [-0.2, -0.15) is 0 Å². The van der Waals surface area contributed by atoms with Crippen molar-refractivity contribution >= 4 is 17.5 Å². The van der Waals surface area contributed by atoms with Gasteiger partial charge in [0.1, 0.15) is 17.1 Å². The molecule has 1 aliphatic rings. The minimum Gasteiger partial charge on any atom is -0.496 e. The zero-order valence-electron chi connectivity index (χ0n) is 11.5. The normalized spacial score (nSPS) is 16.9. The molecular formula is C15H19ClFNO2. The number of hydrogen-bond donors (Lipinski definition) is 1. The Labute approximate surface area is 123 Å². The molecule has 20 heavy (non-hydrogen) atoms. The fraction of sp³-hybridized carbons (Fsp3) is 0.533. The second-order valence-corrected chi connectivity index (χ2v) is 5.61. The molecule has 0 radical (unpaired) electrons. The van der Waals surface area contributed by atoms with Gasteiger partial charge in [0.25, 0.3) is 5.91 Å². The molecule has 0 spiro atoms. The molecule has 0 heterocycles. The van der Waals surface area contributed by atoms with E-state index in [0.717, 1.165) is 25.7 Å². The molecule has 1 amide bonds. The van der Waals surface area contributed by atoms with Crippen LogP contribution in [0.2, 0.25) is 0 Å². The third kappa shape index (κ3) is 3.06. The molecule has 5 heteroatoms. The lowest BCUT2D eigenvalue weighted by atomic mass is 9.88. The average Bonchev–Trinajstić information content (AvgIpc) is 2.94. The molecule has 0 saturated heterocycles. The van der Waals surface area contributed by atoms with Crippen LogP contribution in [0.4, 0.5) is 4.39 Å². The maximum absolute atomic E-state index is 13.8. The van der Waals surface area contributed by atoms with E-state index in [4.69, 9.17) is 16.3 Å². The fourth-order valence-corrected chi connectivity index (χ4v) is 3.10. The predicted molar refractivity (Wildman–Crippen MR) is 76.9 cm³/mol. The van der Waals surface area contributed by atoms with Crippen LogP contribution in [0.1, 0.15) is 36.0 Å². The molecule has 1 aromatic rings. The van der Waals surface area contributed by atoms with Gasteiger partial charge >= 0.3 is 0 Å². The van der Waals surface area contributed by atoms with E-state index in [1.54, 1.807) is 6.07 Å². The van der Waals surface area contributed by atoms with E-state index in [0.29, 0.717) is 12.4 Å². The Kier molecular flexibility index (Phi) is 4.86. The summed E-state index contributed by atoms with van der Waals surface area (Å²) in [4.78, 5) is 12.2. The highest BCUT2D eigenvalue weighted by Gasteiger charge is 2.33. The summed E-state index contributed by atoms with van der Waals surface area (Å²) in [7, 11) is 1.42. The van der Waals surface area contributed by atoms with E-state index in [1.165, 1.54) is 19.2 Å². The molecule has 0 atom stereocenters. The van der Waals surface area contributed by atoms with Crippen molar-refractivity contribution in [2.75, 3.05) is 19.5 Å². The first-order valence-electron chi connectivity index (χ1n) is 6.78. The molecule has 1 aliphatic carbocycles. The van der Waals surface area contributed by atoms with Crippen LogP contribution in [-0.4, -0.2) is 25.4 Å². The number of methoxy groups -OCH3 is 1. The Balaban J connectivity index is 2.09. The summed E-state index contributed by atoms with van der Waals surface area (Å²) in [5.74, 6) is -0.264. The Morgan fingerprint density at radius 2 is 2.15 bits per heavy atom. The monoisotopic (exact) mass is 299 g/mol. The number of carbonyl (C=O) groups is 1. The quantitative estimate of drug-likeness (QED) is 0.847. The topological polar surface area (TPSA) is 38.3 Å². The number of nitrogens with one attached hydrogen (secondary N) is 1. The van der Waals surface area contributed by atoms with E-state index < -0.39 is 11.7 Å². The SMILES string of the molecule is COc1cccc(F)c1C(=O)NCC1(CCl)CCCC1. The zero-order chi connectivity index (χ0) is 14.6. The van der Waals surface area contributed by atoms with Crippen molar-refractivity contribution < 1.29 is 13.9 Å². The number of amides is 1. The van der Waals surface area contributed by atoms with E-state index in [1.807, 2.05) is 0 Å². The maximum atomic E-state index is 13.8. The van der Waals surface area contributed by atoms with E-state index in [-0.39, 0.29) is 16.7 Å². The minimum absolute atomic E-state index is 0.0438.